The lowest BCUT2D eigenvalue weighted by Gasteiger charge is -2.25. The molecule has 0 aliphatic rings. The van der Waals surface area contributed by atoms with Crippen molar-refractivity contribution in [2.24, 2.45) is 0 Å². The van der Waals surface area contributed by atoms with Crippen molar-refractivity contribution in [3.05, 3.63) is 69.9 Å². The maximum Gasteiger partial charge on any atom is 0.263 e. The Morgan fingerprint density at radius 2 is 1.89 bits per heavy atom. The zero-order valence-electron chi connectivity index (χ0n) is 16.0. The van der Waals surface area contributed by atoms with Crippen molar-refractivity contribution in [2.45, 2.75) is 25.8 Å². The van der Waals surface area contributed by atoms with Crippen molar-refractivity contribution in [1.82, 2.24) is 14.8 Å². The Bertz CT molecular complexity index is 903. The van der Waals surface area contributed by atoms with E-state index in [0.717, 1.165) is 5.56 Å². The highest BCUT2D eigenvalue weighted by Gasteiger charge is 2.23. The van der Waals surface area contributed by atoms with Gasteiger partial charge in [0.1, 0.15) is 17.9 Å². The molecular weight excluding hydrogens is 349 g/mol. The van der Waals surface area contributed by atoms with Gasteiger partial charge in [0.2, 0.25) is 5.91 Å². The molecule has 0 saturated heterocycles. The van der Waals surface area contributed by atoms with Crippen LogP contribution in [-0.4, -0.2) is 41.9 Å². The van der Waals surface area contributed by atoms with Crippen molar-refractivity contribution >= 4 is 11.8 Å². The Morgan fingerprint density at radius 3 is 2.52 bits per heavy atom. The van der Waals surface area contributed by atoms with Crippen LogP contribution in [0.25, 0.3) is 0 Å². The normalized spacial score (nSPS) is 11.1. The highest BCUT2D eigenvalue weighted by Crippen LogP contribution is 2.22. The maximum absolute atomic E-state index is 13.5. The fourth-order valence-corrected chi connectivity index (χ4v) is 2.53. The standard InChI is InChI=1S/C20H24FN3O3/c1-20(2,14-7-5-8-15(21)11-14)13-22-18(26)16-9-6-10-24(19(16)27)12-17(25)23(3)4/h5-11H,12-13H2,1-4H3,(H,22,26). The van der Waals surface area contributed by atoms with Gasteiger partial charge in [-0.1, -0.05) is 26.0 Å². The SMILES string of the molecule is CN(C)C(=O)Cn1cccc(C(=O)NCC(C)(C)c2cccc(F)c2)c1=O. The van der Waals surface area contributed by atoms with E-state index < -0.39 is 16.9 Å². The predicted octanol–water partition coefficient (Wildman–Crippen LogP) is 1.78. The third kappa shape index (κ3) is 5.03. The molecule has 1 heterocycles. The molecule has 0 aliphatic carbocycles. The van der Waals surface area contributed by atoms with Gasteiger partial charge in [-0.15, -0.1) is 0 Å². The van der Waals surface area contributed by atoms with Gasteiger partial charge in [-0.05, 0) is 29.8 Å². The van der Waals surface area contributed by atoms with E-state index in [1.165, 1.54) is 33.9 Å². The van der Waals surface area contributed by atoms with Gasteiger partial charge in [-0.2, -0.15) is 0 Å². The number of pyridine rings is 1. The minimum atomic E-state index is -0.534. The van der Waals surface area contributed by atoms with Crippen molar-refractivity contribution in [1.29, 1.82) is 0 Å². The number of hydrogen-bond acceptors (Lipinski definition) is 3. The molecule has 27 heavy (non-hydrogen) atoms. The lowest BCUT2D eigenvalue weighted by atomic mass is 9.84. The number of nitrogens with one attached hydrogen (secondary N) is 1. The molecule has 0 fully saturated rings. The molecule has 144 valence electrons. The van der Waals surface area contributed by atoms with Gasteiger partial charge in [0.25, 0.3) is 11.5 Å². The summed E-state index contributed by atoms with van der Waals surface area (Å²) in [6, 6.07) is 9.16. The third-order valence-corrected chi connectivity index (χ3v) is 4.37. The number of nitrogens with zero attached hydrogens (tertiary/aromatic N) is 2. The molecule has 1 aromatic heterocycles. The molecule has 6 nitrogen and oxygen atoms in total. The first kappa shape index (κ1) is 20.4. The van der Waals surface area contributed by atoms with Crippen LogP contribution in [-0.2, 0) is 16.8 Å². The number of rotatable bonds is 6. The number of likely N-dealkylation sites (N-methyl/N-ethyl adjacent to an activating group) is 1. The monoisotopic (exact) mass is 373 g/mol. The highest BCUT2D eigenvalue weighted by atomic mass is 19.1. The van der Waals surface area contributed by atoms with E-state index in [4.69, 9.17) is 0 Å². The quantitative estimate of drug-likeness (QED) is 0.839. The van der Waals surface area contributed by atoms with Gasteiger partial charge < -0.3 is 14.8 Å². The van der Waals surface area contributed by atoms with Crippen LogP contribution in [0.3, 0.4) is 0 Å². The van der Waals surface area contributed by atoms with Crippen LogP contribution in [0.1, 0.15) is 29.8 Å². The van der Waals surface area contributed by atoms with Crippen molar-refractivity contribution in [3.8, 4) is 0 Å². The smallest absolute Gasteiger partial charge is 0.263 e. The van der Waals surface area contributed by atoms with E-state index in [9.17, 15) is 18.8 Å². The van der Waals surface area contributed by atoms with E-state index in [-0.39, 0.29) is 30.4 Å². The minimum Gasteiger partial charge on any atom is -0.351 e. The third-order valence-electron chi connectivity index (χ3n) is 4.37. The first-order valence-electron chi connectivity index (χ1n) is 8.55. The largest absolute Gasteiger partial charge is 0.351 e. The summed E-state index contributed by atoms with van der Waals surface area (Å²) in [6.07, 6.45) is 1.47. The topological polar surface area (TPSA) is 71.4 Å². The second kappa shape index (κ2) is 8.16. The molecule has 0 aliphatic heterocycles. The summed E-state index contributed by atoms with van der Waals surface area (Å²) in [7, 11) is 3.19. The Hall–Kier alpha value is -2.96. The fraction of sp³-hybridized carbons (Fsp3) is 0.350. The summed E-state index contributed by atoms with van der Waals surface area (Å²) in [6.45, 7) is 3.84. The van der Waals surface area contributed by atoms with Crippen LogP contribution in [0.2, 0.25) is 0 Å². The summed E-state index contributed by atoms with van der Waals surface area (Å²) in [5.41, 5.74) is -0.357. The molecule has 7 heteroatoms. The van der Waals surface area contributed by atoms with Crippen LogP contribution in [0.4, 0.5) is 4.39 Å². The summed E-state index contributed by atoms with van der Waals surface area (Å²) < 4.78 is 14.7. The van der Waals surface area contributed by atoms with Crippen molar-refractivity contribution in [2.75, 3.05) is 20.6 Å². The molecule has 0 atom stereocenters. The van der Waals surface area contributed by atoms with Crippen molar-refractivity contribution < 1.29 is 14.0 Å². The number of benzene rings is 1. The molecule has 0 bridgehead atoms. The Labute approximate surface area is 157 Å². The summed E-state index contributed by atoms with van der Waals surface area (Å²) >= 11 is 0. The van der Waals surface area contributed by atoms with E-state index in [0.29, 0.717) is 0 Å². The first-order valence-corrected chi connectivity index (χ1v) is 8.55. The summed E-state index contributed by atoms with van der Waals surface area (Å²) in [5, 5.41) is 2.73. The van der Waals surface area contributed by atoms with Gasteiger partial charge >= 0.3 is 0 Å². The molecule has 1 aromatic carbocycles. The number of halogens is 1. The van der Waals surface area contributed by atoms with Gasteiger partial charge in [0, 0.05) is 32.3 Å². The Balaban J connectivity index is 2.14. The van der Waals surface area contributed by atoms with Gasteiger partial charge in [-0.3, -0.25) is 14.4 Å². The fourth-order valence-electron chi connectivity index (χ4n) is 2.53. The molecule has 1 N–H and O–H groups in total. The number of carbonyl (C=O) groups is 2. The zero-order chi connectivity index (χ0) is 20.2. The van der Waals surface area contributed by atoms with E-state index in [2.05, 4.69) is 5.32 Å². The molecule has 2 rings (SSSR count). The lowest BCUT2D eigenvalue weighted by Crippen LogP contribution is -2.40. The Kier molecular flexibility index (Phi) is 6.15. The average molecular weight is 373 g/mol. The molecule has 0 spiro atoms. The maximum atomic E-state index is 13.5. The Morgan fingerprint density at radius 1 is 1.19 bits per heavy atom. The second-order valence-corrected chi connectivity index (χ2v) is 7.22. The number of aromatic nitrogens is 1. The van der Waals surface area contributed by atoms with Gasteiger partial charge in [-0.25, -0.2) is 4.39 Å². The van der Waals surface area contributed by atoms with Gasteiger partial charge in [0.05, 0.1) is 0 Å². The number of hydrogen-bond donors (Lipinski definition) is 1. The van der Waals surface area contributed by atoms with E-state index >= 15 is 0 Å². The minimum absolute atomic E-state index is 0.0425. The lowest BCUT2D eigenvalue weighted by molar-refractivity contribution is -0.129. The molecule has 2 aromatic rings. The molecule has 2 amide bonds. The molecule has 0 radical (unpaired) electrons. The van der Waals surface area contributed by atoms with Crippen LogP contribution in [0, 0.1) is 5.82 Å². The van der Waals surface area contributed by atoms with E-state index in [1.807, 2.05) is 13.8 Å². The first-order chi connectivity index (χ1) is 12.6. The van der Waals surface area contributed by atoms with Crippen LogP contribution >= 0.6 is 0 Å². The zero-order valence-corrected chi connectivity index (χ0v) is 16.0. The molecule has 0 saturated carbocycles. The average Bonchev–Trinajstić information content (AvgIpc) is 2.61. The van der Waals surface area contributed by atoms with Crippen LogP contribution < -0.4 is 10.9 Å². The van der Waals surface area contributed by atoms with Crippen LogP contribution in [0.5, 0.6) is 0 Å². The summed E-state index contributed by atoms with van der Waals surface area (Å²) in [5.74, 6) is -1.12. The molecular formula is C20H24FN3O3. The second-order valence-electron chi connectivity index (χ2n) is 7.22. The van der Waals surface area contributed by atoms with E-state index in [1.54, 1.807) is 32.3 Å². The number of amides is 2. The van der Waals surface area contributed by atoms with Crippen molar-refractivity contribution in [3.63, 3.8) is 0 Å². The highest BCUT2D eigenvalue weighted by molar-refractivity contribution is 5.93. The summed E-state index contributed by atoms with van der Waals surface area (Å²) in [4.78, 5) is 38.2. The predicted molar refractivity (Wildman–Crippen MR) is 101 cm³/mol. The van der Waals surface area contributed by atoms with Crippen LogP contribution in [0.15, 0.2) is 47.4 Å². The number of carbonyl (C=O) groups excluding carboxylic acids is 2. The molecule has 0 unspecified atom stereocenters. The van der Waals surface area contributed by atoms with Gasteiger partial charge in [0.15, 0.2) is 0 Å².